The Balaban J connectivity index is 1.83. The van der Waals surface area contributed by atoms with Gasteiger partial charge in [-0.1, -0.05) is 35.9 Å². The van der Waals surface area contributed by atoms with Crippen LogP contribution >= 0.6 is 11.6 Å². The van der Waals surface area contributed by atoms with Gasteiger partial charge in [0.25, 0.3) is 0 Å². The van der Waals surface area contributed by atoms with Crippen molar-refractivity contribution in [3.63, 3.8) is 0 Å². The van der Waals surface area contributed by atoms with Crippen molar-refractivity contribution in [1.82, 2.24) is 9.97 Å². The van der Waals surface area contributed by atoms with E-state index in [-0.39, 0.29) is 5.69 Å². The zero-order valence-corrected chi connectivity index (χ0v) is 16.4. The van der Waals surface area contributed by atoms with E-state index in [4.69, 9.17) is 21.1 Å². The Morgan fingerprint density at radius 1 is 1.07 bits per heavy atom. The first-order valence-corrected chi connectivity index (χ1v) is 8.99. The molecule has 3 rings (SSSR count). The Labute approximate surface area is 174 Å². The molecular formula is C20H16ClN3O6. The second kappa shape index (κ2) is 9.10. The molecule has 0 amide bonds. The Morgan fingerprint density at radius 3 is 2.47 bits per heavy atom. The number of methoxy groups -OCH3 is 1. The van der Waals surface area contributed by atoms with Gasteiger partial charge in [-0.3, -0.25) is 19.9 Å². The molecule has 1 aromatic heterocycles. The van der Waals surface area contributed by atoms with Crippen molar-refractivity contribution in [3.8, 4) is 11.5 Å². The van der Waals surface area contributed by atoms with E-state index in [9.17, 15) is 19.7 Å². The predicted octanol–water partition coefficient (Wildman–Crippen LogP) is 3.38. The van der Waals surface area contributed by atoms with E-state index in [0.29, 0.717) is 28.7 Å². The van der Waals surface area contributed by atoms with E-state index < -0.39 is 21.9 Å². The third kappa shape index (κ3) is 4.95. The highest BCUT2D eigenvalue weighted by Crippen LogP contribution is 2.29. The number of aromatic nitrogens is 2. The van der Waals surface area contributed by atoms with Gasteiger partial charge in [0.05, 0.1) is 12.0 Å². The van der Waals surface area contributed by atoms with Gasteiger partial charge in [0.15, 0.2) is 11.5 Å². The van der Waals surface area contributed by atoms with Gasteiger partial charge in [-0.2, -0.15) is 0 Å². The minimum absolute atomic E-state index is 0.212. The van der Waals surface area contributed by atoms with Gasteiger partial charge < -0.3 is 14.5 Å². The lowest BCUT2D eigenvalue weighted by Gasteiger charge is -2.11. The Bertz CT molecular complexity index is 1210. The number of hydrogen-bond acceptors (Lipinski definition) is 6. The van der Waals surface area contributed by atoms with E-state index in [1.165, 1.54) is 19.3 Å². The number of aromatic amines is 2. The summed E-state index contributed by atoms with van der Waals surface area (Å²) in [5.41, 5.74) is -1.34. The number of H-pyrrole nitrogens is 2. The number of hydrogen-bond donors (Lipinski definition) is 2. The first kappa shape index (κ1) is 20.9. The smallest absolute Gasteiger partial charge is 0.357 e. The summed E-state index contributed by atoms with van der Waals surface area (Å²) in [4.78, 5) is 37.4. The van der Waals surface area contributed by atoms with Gasteiger partial charge in [0.2, 0.25) is 0 Å². The van der Waals surface area contributed by atoms with Crippen LogP contribution in [0.25, 0.3) is 12.2 Å². The van der Waals surface area contributed by atoms with Crippen LogP contribution < -0.4 is 20.7 Å². The summed E-state index contributed by atoms with van der Waals surface area (Å²) in [6.07, 6.45) is 2.78. The molecule has 0 aliphatic carbocycles. The number of halogens is 1. The molecule has 0 radical (unpaired) electrons. The lowest BCUT2D eigenvalue weighted by Crippen LogP contribution is -2.25. The number of ether oxygens (including phenoxy) is 2. The van der Waals surface area contributed by atoms with Crippen LogP contribution in [0.2, 0.25) is 5.02 Å². The summed E-state index contributed by atoms with van der Waals surface area (Å²) in [6, 6.07) is 12.3. The Hall–Kier alpha value is -3.85. The van der Waals surface area contributed by atoms with E-state index in [2.05, 4.69) is 4.98 Å². The van der Waals surface area contributed by atoms with Crippen LogP contribution in [0, 0.1) is 10.1 Å². The van der Waals surface area contributed by atoms with Gasteiger partial charge in [-0.25, -0.2) is 4.79 Å². The van der Waals surface area contributed by atoms with E-state index in [1.54, 1.807) is 30.3 Å². The summed E-state index contributed by atoms with van der Waals surface area (Å²) in [6.45, 7) is 0.308. The lowest BCUT2D eigenvalue weighted by atomic mass is 10.1. The van der Waals surface area contributed by atoms with Gasteiger partial charge in [-0.15, -0.1) is 0 Å². The molecule has 0 bridgehead atoms. The lowest BCUT2D eigenvalue weighted by molar-refractivity contribution is -0.386. The fourth-order valence-electron chi connectivity index (χ4n) is 2.63. The third-order valence-corrected chi connectivity index (χ3v) is 4.32. The zero-order valence-electron chi connectivity index (χ0n) is 15.7. The maximum absolute atomic E-state index is 11.7. The average Bonchev–Trinajstić information content (AvgIpc) is 2.71. The van der Waals surface area contributed by atoms with Gasteiger partial charge in [0, 0.05) is 5.02 Å². The fourth-order valence-corrected chi connectivity index (χ4v) is 2.75. The van der Waals surface area contributed by atoms with Crippen LogP contribution in [0.3, 0.4) is 0 Å². The summed E-state index contributed by atoms with van der Waals surface area (Å²) in [7, 11) is 1.48. The molecule has 154 valence electrons. The maximum Gasteiger partial charge on any atom is 0.357 e. The molecule has 2 N–H and O–H groups in total. The van der Waals surface area contributed by atoms with Crippen LogP contribution in [0.15, 0.2) is 52.1 Å². The van der Waals surface area contributed by atoms with Crippen molar-refractivity contribution in [2.24, 2.45) is 0 Å². The van der Waals surface area contributed by atoms with Crippen LogP contribution in [-0.4, -0.2) is 22.0 Å². The molecule has 3 aromatic rings. The molecule has 30 heavy (non-hydrogen) atoms. The van der Waals surface area contributed by atoms with Crippen LogP contribution in [-0.2, 0) is 6.61 Å². The standard InChI is InChI=1S/C20H16ClN3O6/c1-29-17-10-12(4-8-15-18(24(27)28)19(25)23-20(26)22-15)5-9-16(17)30-11-13-2-6-14(21)7-3-13/h2-10H,11H2,1H3,(H2,22,23,25,26)/b8-4-. The largest absolute Gasteiger partial charge is 0.493 e. The molecular weight excluding hydrogens is 414 g/mol. The Morgan fingerprint density at radius 2 is 1.80 bits per heavy atom. The topological polar surface area (TPSA) is 127 Å². The van der Waals surface area contributed by atoms with Crippen molar-refractivity contribution < 1.29 is 14.4 Å². The minimum Gasteiger partial charge on any atom is -0.493 e. The summed E-state index contributed by atoms with van der Waals surface area (Å²) >= 11 is 5.87. The highest BCUT2D eigenvalue weighted by Gasteiger charge is 2.18. The zero-order chi connectivity index (χ0) is 21.7. The van der Waals surface area contributed by atoms with E-state index >= 15 is 0 Å². The molecule has 0 saturated carbocycles. The van der Waals surface area contributed by atoms with Crippen molar-refractivity contribution in [1.29, 1.82) is 0 Å². The molecule has 10 heteroatoms. The normalized spacial score (nSPS) is 10.9. The minimum atomic E-state index is -1.08. The van der Waals surface area contributed by atoms with E-state index in [0.717, 1.165) is 5.56 Å². The molecule has 9 nitrogen and oxygen atoms in total. The molecule has 0 atom stereocenters. The number of nitrogens with one attached hydrogen (secondary N) is 2. The molecule has 0 aliphatic rings. The molecule has 0 unspecified atom stereocenters. The maximum atomic E-state index is 11.7. The summed E-state index contributed by atoms with van der Waals surface area (Å²) in [5, 5.41) is 11.7. The number of benzene rings is 2. The molecule has 0 aliphatic heterocycles. The second-order valence-corrected chi connectivity index (χ2v) is 6.52. The SMILES string of the molecule is COc1cc(/C=C\c2[nH]c(=O)[nH]c(=O)c2[N+](=O)[O-])ccc1OCc1ccc(Cl)cc1. The first-order valence-electron chi connectivity index (χ1n) is 8.61. The summed E-state index contributed by atoms with van der Waals surface area (Å²) in [5.74, 6) is 0.945. The van der Waals surface area contributed by atoms with Crippen LogP contribution in [0.4, 0.5) is 5.69 Å². The number of nitro groups is 1. The second-order valence-electron chi connectivity index (χ2n) is 6.09. The van der Waals surface area contributed by atoms with Crippen LogP contribution in [0.1, 0.15) is 16.8 Å². The van der Waals surface area contributed by atoms with Crippen molar-refractivity contribution in [2.45, 2.75) is 6.61 Å². The van der Waals surface area contributed by atoms with Crippen molar-refractivity contribution >= 4 is 29.4 Å². The Kier molecular flexibility index (Phi) is 6.33. The highest BCUT2D eigenvalue weighted by atomic mass is 35.5. The molecule has 0 fully saturated rings. The molecule has 1 heterocycles. The number of nitrogens with zero attached hydrogens (tertiary/aromatic N) is 1. The van der Waals surface area contributed by atoms with Crippen molar-refractivity contribution in [2.75, 3.05) is 7.11 Å². The first-order chi connectivity index (χ1) is 14.4. The van der Waals surface area contributed by atoms with E-state index in [1.807, 2.05) is 17.1 Å². The quantitative estimate of drug-likeness (QED) is 0.437. The monoisotopic (exact) mass is 429 g/mol. The molecule has 0 saturated heterocycles. The van der Waals surface area contributed by atoms with Gasteiger partial charge in [0.1, 0.15) is 12.3 Å². The number of rotatable bonds is 7. The van der Waals surface area contributed by atoms with Gasteiger partial charge in [-0.05, 0) is 41.5 Å². The van der Waals surface area contributed by atoms with Crippen LogP contribution in [0.5, 0.6) is 11.5 Å². The molecule has 0 spiro atoms. The highest BCUT2D eigenvalue weighted by molar-refractivity contribution is 6.30. The molecule has 2 aromatic carbocycles. The van der Waals surface area contributed by atoms with Gasteiger partial charge >= 0.3 is 16.9 Å². The fraction of sp³-hybridized carbons (Fsp3) is 0.100. The summed E-state index contributed by atoms with van der Waals surface area (Å²) < 4.78 is 11.1. The predicted molar refractivity (Wildman–Crippen MR) is 112 cm³/mol. The average molecular weight is 430 g/mol. The van der Waals surface area contributed by atoms with Crippen molar-refractivity contribution in [3.05, 3.63) is 95.3 Å². The third-order valence-electron chi connectivity index (χ3n) is 4.07.